The molecule has 0 radical (unpaired) electrons. The predicted octanol–water partition coefficient (Wildman–Crippen LogP) is 7.71. The van der Waals surface area contributed by atoms with Crippen molar-refractivity contribution in [2.45, 2.75) is 104 Å². The maximum absolute atomic E-state index is 11.0. The first-order chi connectivity index (χ1) is 13.2. The fraction of sp³-hybridized carbons (Fsp3) is 0.692. The van der Waals surface area contributed by atoms with Gasteiger partial charge < -0.3 is 9.84 Å². The van der Waals surface area contributed by atoms with Crippen LogP contribution in [0, 0.1) is 11.8 Å². The Hall–Kier alpha value is -1.44. The van der Waals surface area contributed by atoms with Crippen LogP contribution in [0.15, 0.2) is 23.8 Å². The van der Waals surface area contributed by atoms with Crippen LogP contribution in [0.25, 0.3) is 0 Å². The van der Waals surface area contributed by atoms with Gasteiger partial charge >= 0.3 is 0 Å². The van der Waals surface area contributed by atoms with Crippen molar-refractivity contribution in [3.8, 4) is 11.5 Å². The van der Waals surface area contributed by atoms with Crippen LogP contribution in [0.4, 0.5) is 0 Å². The minimum Gasteiger partial charge on any atom is -0.508 e. The van der Waals surface area contributed by atoms with Gasteiger partial charge in [0.05, 0.1) is 0 Å². The minimum atomic E-state index is -0.197. The summed E-state index contributed by atoms with van der Waals surface area (Å²) in [5.74, 6) is 3.18. The lowest BCUT2D eigenvalue weighted by Crippen LogP contribution is -2.44. The van der Waals surface area contributed by atoms with Crippen LogP contribution in [-0.4, -0.2) is 10.7 Å². The number of phenolic OH excluding ortho intramolecular Hbond substituents is 1. The van der Waals surface area contributed by atoms with E-state index in [1.54, 1.807) is 0 Å². The Kier molecular flexibility index (Phi) is 6.47. The summed E-state index contributed by atoms with van der Waals surface area (Å²) >= 11 is 0. The number of aromatic hydroxyl groups is 1. The molecule has 1 N–H and O–H groups in total. The standard InChI is InChI=1S/C26H40O2/c1-7-8-9-10-18(3)19(4)20-15-23(27)25-21-13-11-17(2)12-14-22(21)26(5,6)28-24(25)16-20/h11,15-16,18-19,21-22,27H,7-10,12-14H2,1-6H3/t18?,19?,21-,22-/m1/s1. The van der Waals surface area contributed by atoms with E-state index in [1.165, 1.54) is 36.8 Å². The van der Waals surface area contributed by atoms with Crippen molar-refractivity contribution in [2.24, 2.45) is 11.8 Å². The predicted molar refractivity (Wildman–Crippen MR) is 118 cm³/mol. The van der Waals surface area contributed by atoms with E-state index >= 15 is 0 Å². The van der Waals surface area contributed by atoms with Gasteiger partial charge in [0.1, 0.15) is 17.1 Å². The highest BCUT2D eigenvalue weighted by molar-refractivity contribution is 5.53. The molecule has 1 aliphatic heterocycles. The number of phenols is 1. The minimum absolute atomic E-state index is 0.197. The molecule has 0 amide bonds. The fourth-order valence-corrected chi connectivity index (χ4v) is 5.34. The van der Waals surface area contributed by atoms with Gasteiger partial charge in [0.15, 0.2) is 0 Å². The molecule has 0 aromatic heterocycles. The molecule has 3 rings (SSSR count). The first-order valence-corrected chi connectivity index (χ1v) is 11.5. The molecule has 0 spiro atoms. The number of hydrogen-bond acceptors (Lipinski definition) is 2. The summed E-state index contributed by atoms with van der Waals surface area (Å²) in [6.07, 6.45) is 10.7. The SMILES string of the molecule is CCCCCC(C)C(C)c1cc(O)c2c(c1)OC(C)(C)[C@@H]1CCC(C)=CC[C@@H]21. The number of unbranched alkanes of at least 4 members (excludes halogenated alkanes) is 2. The number of fused-ring (bicyclic) bond motifs is 3. The maximum atomic E-state index is 11.0. The summed E-state index contributed by atoms with van der Waals surface area (Å²) in [5, 5.41) is 11.0. The molecule has 2 heteroatoms. The molecule has 2 nitrogen and oxygen atoms in total. The van der Waals surface area contributed by atoms with Gasteiger partial charge in [0, 0.05) is 17.4 Å². The highest BCUT2D eigenvalue weighted by Gasteiger charge is 2.45. The average Bonchev–Trinajstić information content (AvgIpc) is 2.83. The topological polar surface area (TPSA) is 29.5 Å². The number of allylic oxidation sites excluding steroid dienone is 2. The molecular formula is C26H40O2. The summed E-state index contributed by atoms with van der Waals surface area (Å²) in [4.78, 5) is 0. The molecular weight excluding hydrogens is 344 g/mol. The van der Waals surface area contributed by atoms with Crippen LogP contribution in [0.5, 0.6) is 11.5 Å². The van der Waals surface area contributed by atoms with Crippen molar-refractivity contribution in [3.05, 3.63) is 34.9 Å². The van der Waals surface area contributed by atoms with E-state index in [9.17, 15) is 5.11 Å². The summed E-state index contributed by atoms with van der Waals surface area (Å²) in [7, 11) is 0. The number of benzene rings is 1. The Labute approximate surface area is 172 Å². The summed E-state index contributed by atoms with van der Waals surface area (Å²) in [6.45, 7) is 13.6. The van der Waals surface area contributed by atoms with E-state index in [2.05, 4.69) is 53.7 Å². The quantitative estimate of drug-likeness (QED) is 0.402. The van der Waals surface area contributed by atoms with E-state index in [0.717, 1.165) is 30.6 Å². The van der Waals surface area contributed by atoms with Gasteiger partial charge in [-0.2, -0.15) is 0 Å². The molecule has 156 valence electrons. The highest BCUT2D eigenvalue weighted by Crippen LogP contribution is 2.54. The van der Waals surface area contributed by atoms with Gasteiger partial charge in [-0.05, 0) is 69.6 Å². The van der Waals surface area contributed by atoms with Crippen molar-refractivity contribution in [1.29, 1.82) is 0 Å². The van der Waals surface area contributed by atoms with Crippen LogP contribution in [0.2, 0.25) is 0 Å². The van der Waals surface area contributed by atoms with Crippen LogP contribution in [0.1, 0.15) is 109 Å². The van der Waals surface area contributed by atoms with Crippen LogP contribution in [0.3, 0.4) is 0 Å². The van der Waals surface area contributed by atoms with Crippen molar-refractivity contribution >= 4 is 0 Å². The smallest absolute Gasteiger partial charge is 0.127 e. The zero-order valence-electron chi connectivity index (χ0n) is 18.8. The van der Waals surface area contributed by atoms with Crippen molar-refractivity contribution < 1.29 is 9.84 Å². The molecule has 1 aromatic rings. The Morgan fingerprint density at radius 1 is 1.21 bits per heavy atom. The lowest BCUT2D eigenvalue weighted by atomic mass is 9.70. The number of hydrogen-bond donors (Lipinski definition) is 1. The van der Waals surface area contributed by atoms with Crippen molar-refractivity contribution in [2.75, 3.05) is 0 Å². The molecule has 28 heavy (non-hydrogen) atoms. The third-order valence-electron chi connectivity index (χ3n) is 7.48. The van der Waals surface area contributed by atoms with E-state index < -0.39 is 0 Å². The maximum Gasteiger partial charge on any atom is 0.127 e. The second-order valence-corrected chi connectivity index (χ2v) is 9.96. The third kappa shape index (κ3) is 4.26. The summed E-state index contributed by atoms with van der Waals surface area (Å²) in [6, 6.07) is 4.26. The Bertz CT molecular complexity index is 715. The van der Waals surface area contributed by atoms with E-state index in [-0.39, 0.29) is 5.60 Å². The lowest BCUT2D eigenvalue weighted by Gasteiger charge is -2.45. The molecule has 0 bridgehead atoms. The second-order valence-electron chi connectivity index (χ2n) is 9.96. The molecule has 4 atom stereocenters. The zero-order valence-corrected chi connectivity index (χ0v) is 18.8. The van der Waals surface area contributed by atoms with Crippen LogP contribution < -0.4 is 4.74 Å². The van der Waals surface area contributed by atoms with E-state index in [4.69, 9.17) is 4.74 Å². The van der Waals surface area contributed by atoms with Crippen LogP contribution >= 0.6 is 0 Å². The van der Waals surface area contributed by atoms with E-state index in [1.807, 2.05) is 6.07 Å². The number of rotatable bonds is 6. The van der Waals surface area contributed by atoms with Crippen molar-refractivity contribution in [1.82, 2.24) is 0 Å². The third-order valence-corrected chi connectivity index (χ3v) is 7.48. The lowest BCUT2D eigenvalue weighted by molar-refractivity contribution is 0.00653. The highest BCUT2D eigenvalue weighted by atomic mass is 16.5. The van der Waals surface area contributed by atoms with Gasteiger partial charge in [-0.3, -0.25) is 0 Å². The van der Waals surface area contributed by atoms with Gasteiger partial charge in [0.2, 0.25) is 0 Å². The Morgan fingerprint density at radius 2 is 1.96 bits per heavy atom. The van der Waals surface area contributed by atoms with Gasteiger partial charge in [-0.1, -0.05) is 58.1 Å². The molecule has 0 saturated heterocycles. The average molecular weight is 385 g/mol. The van der Waals surface area contributed by atoms with Gasteiger partial charge in [-0.15, -0.1) is 0 Å². The van der Waals surface area contributed by atoms with Gasteiger partial charge in [0.25, 0.3) is 0 Å². The molecule has 1 heterocycles. The molecule has 2 aliphatic rings. The zero-order chi connectivity index (χ0) is 20.5. The van der Waals surface area contributed by atoms with Crippen LogP contribution in [-0.2, 0) is 0 Å². The molecule has 0 fully saturated rings. The fourth-order valence-electron chi connectivity index (χ4n) is 5.34. The Morgan fingerprint density at radius 3 is 2.68 bits per heavy atom. The molecule has 1 aromatic carbocycles. The largest absolute Gasteiger partial charge is 0.508 e. The van der Waals surface area contributed by atoms with Crippen molar-refractivity contribution in [3.63, 3.8) is 0 Å². The second kappa shape index (κ2) is 8.51. The van der Waals surface area contributed by atoms with E-state index in [0.29, 0.717) is 29.4 Å². The Balaban J connectivity index is 1.92. The van der Waals surface area contributed by atoms with Gasteiger partial charge in [-0.25, -0.2) is 0 Å². The molecule has 2 unspecified atom stereocenters. The summed E-state index contributed by atoms with van der Waals surface area (Å²) in [5.41, 5.74) is 3.54. The monoisotopic (exact) mass is 384 g/mol. The number of ether oxygens (including phenoxy) is 1. The normalized spacial score (nSPS) is 25.6. The molecule has 0 saturated carbocycles. The molecule has 1 aliphatic carbocycles. The summed E-state index contributed by atoms with van der Waals surface area (Å²) < 4.78 is 6.55. The first-order valence-electron chi connectivity index (χ1n) is 11.5. The first kappa shape index (κ1) is 21.3.